The second-order valence-corrected chi connectivity index (χ2v) is 10.7. The van der Waals surface area contributed by atoms with E-state index in [9.17, 15) is 9.59 Å². The number of hydrogen-bond donors (Lipinski definition) is 0. The van der Waals surface area contributed by atoms with Crippen molar-refractivity contribution in [3.63, 3.8) is 0 Å². The number of carbonyl (C=O) groups is 2. The van der Waals surface area contributed by atoms with E-state index in [4.69, 9.17) is 4.74 Å². The summed E-state index contributed by atoms with van der Waals surface area (Å²) >= 11 is 0. The molecule has 0 bridgehead atoms. The van der Waals surface area contributed by atoms with Crippen LogP contribution in [0.5, 0.6) is 0 Å². The van der Waals surface area contributed by atoms with Crippen LogP contribution in [0.2, 0.25) is 0 Å². The average Bonchev–Trinajstić information content (AvgIpc) is 2.77. The van der Waals surface area contributed by atoms with Gasteiger partial charge in [-0.05, 0) is 61.8 Å². The Morgan fingerprint density at radius 1 is 1.19 bits per heavy atom. The topological polar surface area (TPSA) is 43.4 Å². The van der Waals surface area contributed by atoms with E-state index < -0.39 is 5.41 Å². The molecule has 0 heterocycles. The van der Waals surface area contributed by atoms with E-state index in [1.165, 1.54) is 5.56 Å². The van der Waals surface area contributed by atoms with Crippen molar-refractivity contribution in [2.24, 2.45) is 23.2 Å². The van der Waals surface area contributed by atoms with Crippen LogP contribution in [0.15, 0.2) is 42.5 Å². The van der Waals surface area contributed by atoms with Gasteiger partial charge in [0.15, 0.2) is 5.78 Å². The Hall–Kier alpha value is -1.90. The normalized spacial score (nSPS) is 31.6. The van der Waals surface area contributed by atoms with E-state index in [1.807, 2.05) is 25.1 Å². The summed E-state index contributed by atoms with van der Waals surface area (Å²) in [7, 11) is 0. The smallest absolute Gasteiger partial charge is 0.324 e. The van der Waals surface area contributed by atoms with E-state index in [2.05, 4.69) is 52.0 Å². The fourth-order valence-electron chi connectivity index (χ4n) is 6.33. The SMILES string of the molecule is C/C=C/[C@@]1(C(=O)O[C@@H]2C[C@H](C)CC[C@H]2C(C)(C)c2ccccc2)C(=O)CCC[C@@H]1CCC. The summed E-state index contributed by atoms with van der Waals surface area (Å²) in [6, 6.07) is 10.6. The fraction of sp³-hybridized carbons (Fsp3) is 0.655. The van der Waals surface area contributed by atoms with Gasteiger partial charge < -0.3 is 4.74 Å². The van der Waals surface area contributed by atoms with Crippen molar-refractivity contribution in [1.82, 2.24) is 0 Å². The van der Waals surface area contributed by atoms with Gasteiger partial charge in [-0.3, -0.25) is 9.59 Å². The Morgan fingerprint density at radius 2 is 1.91 bits per heavy atom. The summed E-state index contributed by atoms with van der Waals surface area (Å²) in [5.74, 6) is 0.539. The zero-order valence-electron chi connectivity index (χ0n) is 20.7. The predicted molar refractivity (Wildman–Crippen MR) is 130 cm³/mol. The van der Waals surface area contributed by atoms with Crippen LogP contribution < -0.4 is 0 Å². The van der Waals surface area contributed by atoms with Gasteiger partial charge in [-0.1, -0.05) is 83.0 Å². The lowest BCUT2D eigenvalue weighted by Crippen LogP contribution is -2.51. The van der Waals surface area contributed by atoms with Crippen LogP contribution in [0.25, 0.3) is 0 Å². The standard InChI is InChI=1S/C29H42O3/c1-6-12-23-15-11-16-26(30)29(23,19-7-2)27(31)32-25-20-21(3)17-18-24(25)28(4,5)22-13-9-8-10-14-22/h7-10,13-14,19,21,23-25H,6,11-12,15-18,20H2,1-5H3/b19-7+/t21-,23+,24-,25-,29+/m1/s1. The van der Waals surface area contributed by atoms with Crippen molar-refractivity contribution >= 4 is 11.8 Å². The predicted octanol–water partition coefficient (Wildman–Crippen LogP) is 7.04. The summed E-state index contributed by atoms with van der Waals surface area (Å²) in [5, 5.41) is 0. The Balaban J connectivity index is 1.93. The van der Waals surface area contributed by atoms with E-state index >= 15 is 0 Å². The van der Waals surface area contributed by atoms with Crippen LogP contribution >= 0.6 is 0 Å². The Bertz CT molecular complexity index is 807. The molecule has 2 saturated carbocycles. The maximum atomic E-state index is 13.9. The number of benzene rings is 1. The molecule has 0 unspecified atom stereocenters. The number of Topliss-reactive ketones (excluding diaryl/α,β-unsaturated/α-hetero) is 1. The summed E-state index contributed by atoms with van der Waals surface area (Å²) in [4.78, 5) is 27.2. The fourth-order valence-corrected chi connectivity index (χ4v) is 6.33. The van der Waals surface area contributed by atoms with Crippen molar-refractivity contribution in [3.8, 4) is 0 Å². The Morgan fingerprint density at radius 3 is 2.56 bits per heavy atom. The minimum atomic E-state index is -1.11. The van der Waals surface area contributed by atoms with Crippen molar-refractivity contribution in [2.75, 3.05) is 0 Å². The van der Waals surface area contributed by atoms with Crippen LogP contribution in [0.4, 0.5) is 0 Å². The van der Waals surface area contributed by atoms with Gasteiger partial charge in [0.2, 0.25) is 0 Å². The first-order valence-electron chi connectivity index (χ1n) is 12.7. The van der Waals surface area contributed by atoms with Gasteiger partial charge >= 0.3 is 5.97 Å². The third-order valence-corrected chi connectivity index (χ3v) is 8.22. The average molecular weight is 439 g/mol. The lowest BCUT2D eigenvalue weighted by molar-refractivity contribution is -0.173. The number of carbonyl (C=O) groups excluding carboxylic acids is 2. The number of allylic oxidation sites excluding steroid dienone is 1. The minimum absolute atomic E-state index is 0.0408. The first-order chi connectivity index (χ1) is 15.3. The van der Waals surface area contributed by atoms with Gasteiger partial charge in [0.05, 0.1) is 0 Å². The van der Waals surface area contributed by atoms with Crippen LogP contribution in [0.1, 0.15) is 91.5 Å². The molecule has 176 valence electrons. The maximum Gasteiger partial charge on any atom is 0.324 e. The number of rotatable bonds is 7. The summed E-state index contributed by atoms with van der Waals surface area (Å²) in [5.41, 5.74) is 0.0614. The van der Waals surface area contributed by atoms with Crippen LogP contribution in [0.3, 0.4) is 0 Å². The lowest BCUT2D eigenvalue weighted by Gasteiger charge is -2.46. The molecule has 0 saturated heterocycles. The monoisotopic (exact) mass is 438 g/mol. The molecule has 2 fully saturated rings. The maximum absolute atomic E-state index is 13.9. The highest BCUT2D eigenvalue weighted by molar-refractivity contribution is 6.06. The van der Waals surface area contributed by atoms with Gasteiger partial charge in [0, 0.05) is 12.3 Å². The molecule has 0 amide bonds. The molecule has 1 aromatic rings. The van der Waals surface area contributed by atoms with E-state index in [-0.39, 0.29) is 35.1 Å². The molecule has 0 aliphatic heterocycles. The van der Waals surface area contributed by atoms with Crippen LogP contribution in [-0.2, 0) is 19.7 Å². The molecule has 5 atom stereocenters. The largest absolute Gasteiger partial charge is 0.461 e. The van der Waals surface area contributed by atoms with Crippen molar-refractivity contribution in [2.45, 2.75) is 97.5 Å². The second-order valence-electron chi connectivity index (χ2n) is 10.7. The van der Waals surface area contributed by atoms with Crippen molar-refractivity contribution in [1.29, 1.82) is 0 Å². The summed E-state index contributed by atoms with van der Waals surface area (Å²) in [6.07, 6.45) is 10.7. The molecule has 3 rings (SSSR count). The second kappa shape index (κ2) is 10.4. The van der Waals surface area contributed by atoms with Crippen LogP contribution in [-0.4, -0.2) is 17.9 Å². The van der Waals surface area contributed by atoms with Gasteiger partial charge in [0.25, 0.3) is 0 Å². The highest BCUT2D eigenvalue weighted by atomic mass is 16.5. The zero-order chi connectivity index (χ0) is 23.4. The third kappa shape index (κ3) is 4.72. The first-order valence-corrected chi connectivity index (χ1v) is 12.7. The van der Waals surface area contributed by atoms with Gasteiger partial charge in [-0.15, -0.1) is 0 Å². The quantitative estimate of drug-likeness (QED) is 0.260. The van der Waals surface area contributed by atoms with Crippen molar-refractivity contribution in [3.05, 3.63) is 48.0 Å². The van der Waals surface area contributed by atoms with Crippen molar-refractivity contribution < 1.29 is 14.3 Å². The molecular formula is C29H42O3. The molecule has 32 heavy (non-hydrogen) atoms. The van der Waals surface area contributed by atoms with E-state index in [0.717, 1.165) is 44.9 Å². The Labute approximate surface area is 195 Å². The summed E-state index contributed by atoms with van der Waals surface area (Å²) < 4.78 is 6.41. The summed E-state index contributed by atoms with van der Waals surface area (Å²) in [6.45, 7) is 10.8. The Kier molecular flexibility index (Phi) is 8.01. The minimum Gasteiger partial charge on any atom is -0.461 e. The molecule has 0 aromatic heterocycles. The number of ether oxygens (including phenoxy) is 1. The molecule has 3 heteroatoms. The highest BCUT2D eigenvalue weighted by Gasteiger charge is 2.53. The zero-order valence-corrected chi connectivity index (χ0v) is 20.7. The molecule has 2 aliphatic rings. The first kappa shape index (κ1) is 24.7. The van der Waals surface area contributed by atoms with E-state index in [0.29, 0.717) is 12.3 Å². The molecule has 0 radical (unpaired) electrons. The molecular weight excluding hydrogens is 396 g/mol. The van der Waals surface area contributed by atoms with Gasteiger partial charge in [-0.2, -0.15) is 0 Å². The molecule has 0 spiro atoms. The molecule has 1 aromatic carbocycles. The van der Waals surface area contributed by atoms with Gasteiger partial charge in [0.1, 0.15) is 11.5 Å². The van der Waals surface area contributed by atoms with E-state index in [1.54, 1.807) is 0 Å². The molecule has 0 N–H and O–H groups in total. The highest BCUT2D eigenvalue weighted by Crippen LogP contribution is 2.47. The molecule has 3 nitrogen and oxygen atoms in total. The van der Waals surface area contributed by atoms with Crippen LogP contribution in [0, 0.1) is 23.2 Å². The number of hydrogen-bond acceptors (Lipinski definition) is 3. The number of ketones is 1. The van der Waals surface area contributed by atoms with Gasteiger partial charge in [-0.25, -0.2) is 0 Å². The molecule has 2 aliphatic carbocycles. The lowest BCUT2D eigenvalue weighted by atomic mass is 9.63. The third-order valence-electron chi connectivity index (χ3n) is 8.22. The number of esters is 1.